The summed E-state index contributed by atoms with van der Waals surface area (Å²) in [5.74, 6) is -0.749. The van der Waals surface area contributed by atoms with Crippen LogP contribution < -0.4 is 0 Å². The van der Waals surface area contributed by atoms with Gasteiger partial charge in [0, 0.05) is 0 Å². The molecule has 0 N–H and O–H groups in total. The number of carbonyl (C=O) groups is 2. The molecule has 0 bridgehead atoms. The van der Waals surface area contributed by atoms with Gasteiger partial charge in [0.1, 0.15) is 0 Å². The molecule has 0 aliphatic heterocycles. The predicted octanol–water partition coefficient (Wildman–Crippen LogP) is 1.73. The third-order valence-corrected chi connectivity index (χ3v) is 6.58. The van der Waals surface area contributed by atoms with Crippen molar-refractivity contribution in [2.24, 2.45) is 0 Å². The molecule has 4 heteroatoms. The fraction of sp³-hybridized carbons (Fsp3) is 0.750. The van der Waals surface area contributed by atoms with Gasteiger partial charge in [0.15, 0.2) is 0 Å². The molecule has 0 aromatic carbocycles. The largest absolute Gasteiger partial charge is 0.514 e. The minimum Gasteiger partial charge on any atom is -0.514 e. The summed E-state index contributed by atoms with van der Waals surface area (Å²) >= 11 is 0. The van der Waals surface area contributed by atoms with E-state index in [0.29, 0.717) is 0 Å². The highest BCUT2D eigenvalue weighted by Gasteiger charge is 2.40. The summed E-state index contributed by atoms with van der Waals surface area (Å²) in [6.07, 6.45) is 0.223. The van der Waals surface area contributed by atoms with Crippen LogP contribution in [0.4, 0.5) is 0 Å². The average molecular weight is 188 g/mol. The quantitative estimate of drug-likeness (QED) is 0.376. The van der Waals surface area contributed by atoms with Gasteiger partial charge in [0.25, 0.3) is 8.32 Å². The van der Waals surface area contributed by atoms with Crippen LogP contribution in [0.5, 0.6) is 0 Å². The second-order valence-electron chi connectivity index (χ2n) is 4.30. The van der Waals surface area contributed by atoms with Crippen molar-refractivity contribution in [3.8, 4) is 0 Å². The van der Waals surface area contributed by atoms with E-state index < -0.39 is 14.3 Å². The maximum Gasteiger partial charge on any atom is 0.358 e. The first kappa shape index (κ1) is 11.4. The lowest BCUT2D eigenvalue weighted by molar-refractivity contribution is -0.142. The molecule has 12 heavy (non-hydrogen) atoms. The van der Waals surface area contributed by atoms with Crippen molar-refractivity contribution in [2.45, 2.75) is 38.9 Å². The van der Waals surface area contributed by atoms with Gasteiger partial charge in [-0.25, -0.2) is 4.79 Å². The Morgan fingerprint density at radius 2 is 1.75 bits per heavy atom. The number of rotatable bonds is 2. The molecule has 0 saturated carbocycles. The molecule has 0 fully saturated rings. The van der Waals surface area contributed by atoms with Crippen molar-refractivity contribution in [3.05, 3.63) is 0 Å². The maximum absolute atomic E-state index is 10.7. The van der Waals surface area contributed by atoms with Gasteiger partial charge in [0.05, 0.1) is 0 Å². The van der Waals surface area contributed by atoms with E-state index >= 15 is 0 Å². The average Bonchev–Trinajstić information content (AvgIpc) is 1.84. The van der Waals surface area contributed by atoms with E-state index in [-0.39, 0.29) is 11.3 Å². The lowest BCUT2D eigenvalue weighted by Gasteiger charge is -2.34. The lowest BCUT2D eigenvalue weighted by Crippen LogP contribution is -2.42. The van der Waals surface area contributed by atoms with Crippen LogP contribution in [0.25, 0.3) is 0 Å². The first-order chi connectivity index (χ1) is 5.20. The first-order valence-corrected chi connectivity index (χ1v) is 6.79. The monoisotopic (exact) mass is 188 g/mol. The van der Waals surface area contributed by atoms with Gasteiger partial charge in [-0.15, -0.1) is 0 Å². The van der Waals surface area contributed by atoms with Crippen LogP contribution >= 0.6 is 0 Å². The molecule has 0 aromatic heterocycles. The Morgan fingerprint density at radius 1 is 1.33 bits per heavy atom. The molecule has 0 aromatic rings. The molecule has 0 unspecified atom stereocenters. The van der Waals surface area contributed by atoms with Gasteiger partial charge in [-0.05, 0) is 18.1 Å². The minimum absolute atomic E-state index is 0.0360. The molecule has 0 saturated heterocycles. The molecule has 0 aliphatic carbocycles. The summed E-state index contributed by atoms with van der Waals surface area (Å²) < 4.78 is 5.08. The molecule has 0 radical (unpaired) electrons. The zero-order chi connectivity index (χ0) is 9.99. The number of carbonyl (C=O) groups excluding carboxylic acids is 2. The second kappa shape index (κ2) is 3.39. The summed E-state index contributed by atoms with van der Waals surface area (Å²) in [5, 5.41) is -0.0360. The summed E-state index contributed by atoms with van der Waals surface area (Å²) in [4.78, 5) is 20.8. The normalized spacial score (nSPS) is 12.4. The summed E-state index contributed by atoms with van der Waals surface area (Å²) in [5.41, 5.74) is 0. The molecule has 0 aliphatic rings. The van der Waals surface area contributed by atoms with E-state index in [9.17, 15) is 9.59 Å². The number of hydrogen-bond donors (Lipinski definition) is 0. The number of aldehydes is 1. The Bertz CT molecular complexity index is 191. The van der Waals surface area contributed by atoms with Crippen LogP contribution in [0.2, 0.25) is 18.1 Å². The third kappa shape index (κ3) is 2.77. The lowest BCUT2D eigenvalue weighted by atomic mass is 10.2. The van der Waals surface area contributed by atoms with Crippen LogP contribution in [-0.4, -0.2) is 20.6 Å². The maximum atomic E-state index is 10.7. The molecule has 0 spiro atoms. The highest BCUT2D eigenvalue weighted by Crippen LogP contribution is 2.36. The second-order valence-corrected chi connectivity index (χ2v) is 9.02. The molecule has 0 atom stereocenters. The number of hydrogen-bond acceptors (Lipinski definition) is 3. The minimum atomic E-state index is -2.07. The van der Waals surface area contributed by atoms with Gasteiger partial charge in [0.2, 0.25) is 6.29 Å². The third-order valence-electron chi connectivity index (χ3n) is 2.26. The zero-order valence-electron chi connectivity index (χ0n) is 8.30. The van der Waals surface area contributed by atoms with Crippen molar-refractivity contribution < 1.29 is 14.0 Å². The SMILES string of the molecule is CC(C)(C)[Si](C)(C)OC(=O)C=O. The summed E-state index contributed by atoms with van der Waals surface area (Å²) in [7, 11) is -2.07. The fourth-order valence-corrected chi connectivity index (χ4v) is 1.29. The molecule has 0 heterocycles. The zero-order valence-corrected chi connectivity index (χ0v) is 9.30. The van der Waals surface area contributed by atoms with E-state index in [1.807, 2.05) is 33.9 Å². The van der Waals surface area contributed by atoms with E-state index in [2.05, 4.69) is 0 Å². The van der Waals surface area contributed by atoms with E-state index in [4.69, 9.17) is 4.43 Å². The van der Waals surface area contributed by atoms with Crippen molar-refractivity contribution in [2.75, 3.05) is 0 Å². The van der Waals surface area contributed by atoms with Crippen LogP contribution in [0.3, 0.4) is 0 Å². The molecule has 0 amide bonds. The Balaban J connectivity index is 4.43. The van der Waals surface area contributed by atoms with E-state index in [1.54, 1.807) is 0 Å². The first-order valence-electron chi connectivity index (χ1n) is 3.89. The topological polar surface area (TPSA) is 43.4 Å². The standard InChI is InChI=1S/C8H16O3Si/c1-8(2,3)12(4,5)11-7(10)6-9/h6H,1-5H3. The van der Waals surface area contributed by atoms with Crippen LogP contribution in [0, 0.1) is 0 Å². The Kier molecular flexibility index (Phi) is 3.21. The summed E-state index contributed by atoms with van der Waals surface area (Å²) in [6, 6.07) is 0. The van der Waals surface area contributed by atoms with Crippen LogP contribution in [0.1, 0.15) is 20.8 Å². The van der Waals surface area contributed by atoms with Crippen molar-refractivity contribution >= 4 is 20.6 Å². The van der Waals surface area contributed by atoms with Gasteiger partial charge in [-0.3, -0.25) is 4.79 Å². The van der Waals surface area contributed by atoms with E-state index in [0.717, 1.165) is 0 Å². The van der Waals surface area contributed by atoms with Gasteiger partial charge in [-0.2, -0.15) is 0 Å². The van der Waals surface area contributed by atoms with Crippen LogP contribution in [0.15, 0.2) is 0 Å². The highest BCUT2D eigenvalue weighted by molar-refractivity contribution is 6.76. The summed E-state index contributed by atoms with van der Waals surface area (Å²) in [6.45, 7) is 9.88. The Labute approximate surface area is 74.2 Å². The fourth-order valence-electron chi connectivity index (χ4n) is 0.429. The van der Waals surface area contributed by atoms with Crippen molar-refractivity contribution in [1.82, 2.24) is 0 Å². The molecule has 3 nitrogen and oxygen atoms in total. The molecular weight excluding hydrogens is 172 g/mol. The van der Waals surface area contributed by atoms with Gasteiger partial charge >= 0.3 is 5.97 Å². The van der Waals surface area contributed by atoms with Gasteiger partial charge in [-0.1, -0.05) is 20.8 Å². The van der Waals surface area contributed by atoms with E-state index in [1.165, 1.54) is 0 Å². The Hall–Kier alpha value is -0.643. The highest BCUT2D eigenvalue weighted by atomic mass is 28.4. The van der Waals surface area contributed by atoms with Crippen LogP contribution in [-0.2, 0) is 14.0 Å². The smallest absolute Gasteiger partial charge is 0.358 e. The van der Waals surface area contributed by atoms with Gasteiger partial charge < -0.3 is 4.43 Å². The Morgan fingerprint density at radius 3 is 2.00 bits per heavy atom. The molecular formula is C8H16O3Si. The van der Waals surface area contributed by atoms with Crippen molar-refractivity contribution in [3.63, 3.8) is 0 Å². The predicted molar refractivity (Wildman–Crippen MR) is 49.4 cm³/mol. The molecule has 70 valence electrons. The van der Waals surface area contributed by atoms with Crippen molar-refractivity contribution in [1.29, 1.82) is 0 Å². The molecule has 0 rings (SSSR count).